The number of imidazole rings is 1. The first-order chi connectivity index (χ1) is 12.2. The molecule has 0 spiro atoms. The van der Waals surface area contributed by atoms with Crippen molar-refractivity contribution in [3.8, 4) is 0 Å². The Hall–Kier alpha value is -2.86. The molecule has 25 heavy (non-hydrogen) atoms. The Morgan fingerprint density at radius 1 is 1.16 bits per heavy atom. The molecule has 0 radical (unpaired) electrons. The summed E-state index contributed by atoms with van der Waals surface area (Å²) in [7, 11) is 0. The van der Waals surface area contributed by atoms with E-state index in [9.17, 15) is 4.79 Å². The van der Waals surface area contributed by atoms with E-state index in [0.29, 0.717) is 5.69 Å². The summed E-state index contributed by atoms with van der Waals surface area (Å²) in [5.41, 5.74) is 4.15. The maximum atomic E-state index is 12.5. The van der Waals surface area contributed by atoms with Gasteiger partial charge in [-0.25, -0.2) is 4.98 Å². The maximum absolute atomic E-state index is 12.5. The molecule has 0 saturated carbocycles. The van der Waals surface area contributed by atoms with Crippen molar-refractivity contribution in [3.63, 3.8) is 0 Å². The van der Waals surface area contributed by atoms with E-state index in [1.54, 1.807) is 6.20 Å². The SMILES string of the molecule is Cc1cccn2cc(C(=O)Nc3ccc(N4CCOCC4)cc3)nc12. The van der Waals surface area contributed by atoms with Crippen LogP contribution in [0.4, 0.5) is 11.4 Å². The summed E-state index contributed by atoms with van der Waals surface area (Å²) in [4.78, 5) is 19.2. The lowest BCUT2D eigenvalue weighted by Gasteiger charge is -2.28. The van der Waals surface area contributed by atoms with Gasteiger partial charge in [-0.05, 0) is 42.8 Å². The second-order valence-corrected chi connectivity index (χ2v) is 6.15. The molecular formula is C19H20N4O2. The summed E-state index contributed by atoms with van der Waals surface area (Å²) in [5.74, 6) is -0.206. The normalized spacial score (nSPS) is 14.7. The zero-order chi connectivity index (χ0) is 17.2. The Morgan fingerprint density at radius 2 is 1.92 bits per heavy atom. The first kappa shape index (κ1) is 15.7. The van der Waals surface area contributed by atoms with E-state index >= 15 is 0 Å². The third-order valence-electron chi connectivity index (χ3n) is 4.41. The number of amides is 1. The molecule has 1 aromatic carbocycles. The molecule has 6 nitrogen and oxygen atoms in total. The van der Waals surface area contributed by atoms with Crippen LogP contribution in [0.2, 0.25) is 0 Å². The van der Waals surface area contributed by atoms with Gasteiger partial charge in [-0.1, -0.05) is 6.07 Å². The fourth-order valence-corrected chi connectivity index (χ4v) is 3.04. The van der Waals surface area contributed by atoms with E-state index in [1.165, 1.54) is 0 Å². The van der Waals surface area contributed by atoms with Crippen LogP contribution >= 0.6 is 0 Å². The molecule has 1 aliphatic heterocycles. The number of pyridine rings is 1. The van der Waals surface area contributed by atoms with Crippen molar-refractivity contribution in [2.45, 2.75) is 6.92 Å². The number of ether oxygens (including phenoxy) is 1. The van der Waals surface area contributed by atoms with Crippen LogP contribution in [-0.4, -0.2) is 41.6 Å². The second-order valence-electron chi connectivity index (χ2n) is 6.15. The van der Waals surface area contributed by atoms with Crippen LogP contribution < -0.4 is 10.2 Å². The Balaban J connectivity index is 1.49. The number of aromatic nitrogens is 2. The van der Waals surface area contributed by atoms with Crippen LogP contribution in [0.25, 0.3) is 5.65 Å². The largest absolute Gasteiger partial charge is 0.378 e. The fourth-order valence-electron chi connectivity index (χ4n) is 3.04. The van der Waals surface area contributed by atoms with Gasteiger partial charge in [0.15, 0.2) is 0 Å². The van der Waals surface area contributed by atoms with Crippen molar-refractivity contribution in [2.24, 2.45) is 0 Å². The number of aryl methyl sites for hydroxylation is 1. The van der Waals surface area contributed by atoms with E-state index in [4.69, 9.17) is 4.74 Å². The first-order valence-electron chi connectivity index (χ1n) is 8.39. The highest BCUT2D eigenvalue weighted by atomic mass is 16.5. The van der Waals surface area contributed by atoms with Gasteiger partial charge >= 0.3 is 0 Å². The molecule has 1 saturated heterocycles. The molecule has 3 aromatic rings. The number of nitrogens with zero attached hydrogens (tertiary/aromatic N) is 3. The summed E-state index contributed by atoms with van der Waals surface area (Å²) in [6.07, 6.45) is 3.64. The Kier molecular flexibility index (Phi) is 4.11. The number of fused-ring (bicyclic) bond motifs is 1. The lowest BCUT2D eigenvalue weighted by atomic mass is 10.2. The van der Waals surface area contributed by atoms with Crippen molar-refractivity contribution < 1.29 is 9.53 Å². The van der Waals surface area contributed by atoms with E-state index < -0.39 is 0 Å². The lowest BCUT2D eigenvalue weighted by Crippen LogP contribution is -2.36. The third-order valence-corrected chi connectivity index (χ3v) is 4.41. The predicted molar refractivity (Wildman–Crippen MR) is 97.4 cm³/mol. The number of hydrogen-bond donors (Lipinski definition) is 1. The maximum Gasteiger partial charge on any atom is 0.275 e. The molecule has 2 aromatic heterocycles. The number of morpholine rings is 1. The highest BCUT2D eigenvalue weighted by molar-refractivity contribution is 6.03. The van der Waals surface area contributed by atoms with Gasteiger partial charge in [-0.2, -0.15) is 0 Å². The van der Waals surface area contributed by atoms with Gasteiger partial charge in [0.1, 0.15) is 11.3 Å². The fraction of sp³-hybridized carbons (Fsp3) is 0.263. The van der Waals surface area contributed by atoms with Crippen LogP contribution in [0.15, 0.2) is 48.8 Å². The Morgan fingerprint density at radius 3 is 2.64 bits per heavy atom. The Bertz CT molecular complexity index is 895. The first-order valence-corrected chi connectivity index (χ1v) is 8.39. The number of nitrogens with one attached hydrogen (secondary N) is 1. The number of carbonyl (C=O) groups is 1. The zero-order valence-electron chi connectivity index (χ0n) is 14.1. The number of carbonyl (C=O) groups excluding carboxylic acids is 1. The molecule has 0 aliphatic carbocycles. The number of rotatable bonds is 3. The van der Waals surface area contributed by atoms with E-state index in [-0.39, 0.29) is 5.91 Å². The molecule has 4 rings (SSSR count). The summed E-state index contributed by atoms with van der Waals surface area (Å²) in [6.45, 7) is 5.28. The summed E-state index contributed by atoms with van der Waals surface area (Å²) in [6, 6.07) is 11.8. The van der Waals surface area contributed by atoms with Gasteiger partial charge in [0.2, 0.25) is 0 Å². The van der Waals surface area contributed by atoms with Crippen LogP contribution in [0.5, 0.6) is 0 Å². The van der Waals surface area contributed by atoms with Crippen LogP contribution in [0.1, 0.15) is 16.1 Å². The molecule has 0 atom stereocenters. The third kappa shape index (κ3) is 3.21. The molecule has 3 heterocycles. The number of hydrogen-bond acceptors (Lipinski definition) is 4. The zero-order valence-corrected chi connectivity index (χ0v) is 14.1. The topological polar surface area (TPSA) is 58.9 Å². The second kappa shape index (κ2) is 6.57. The standard InChI is InChI=1S/C19H20N4O2/c1-14-3-2-8-23-13-17(21-18(14)23)19(24)20-15-4-6-16(7-5-15)22-9-11-25-12-10-22/h2-8,13H,9-12H2,1H3,(H,20,24). The minimum Gasteiger partial charge on any atom is -0.378 e. The molecular weight excluding hydrogens is 316 g/mol. The minimum absolute atomic E-state index is 0.206. The van der Waals surface area contributed by atoms with Crippen molar-refractivity contribution >= 4 is 22.9 Å². The smallest absolute Gasteiger partial charge is 0.275 e. The summed E-state index contributed by atoms with van der Waals surface area (Å²) < 4.78 is 7.24. The van der Waals surface area contributed by atoms with E-state index in [2.05, 4.69) is 15.2 Å². The van der Waals surface area contributed by atoms with Crippen LogP contribution in [0.3, 0.4) is 0 Å². The average molecular weight is 336 g/mol. The molecule has 0 unspecified atom stereocenters. The van der Waals surface area contributed by atoms with E-state index in [0.717, 1.165) is 48.9 Å². The van der Waals surface area contributed by atoms with Crippen molar-refractivity contribution in [1.29, 1.82) is 0 Å². The highest BCUT2D eigenvalue weighted by Crippen LogP contribution is 2.19. The number of anilines is 2. The van der Waals surface area contributed by atoms with Crippen LogP contribution in [-0.2, 0) is 4.74 Å². The van der Waals surface area contributed by atoms with Crippen LogP contribution in [0, 0.1) is 6.92 Å². The quantitative estimate of drug-likeness (QED) is 0.799. The van der Waals surface area contributed by atoms with Gasteiger partial charge < -0.3 is 19.4 Å². The average Bonchev–Trinajstić information content (AvgIpc) is 3.09. The summed E-state index contributed by atoms with van der Waals surface area (Å²) in [5, 5.41) is 2.91. The van der Waals surface area contributed by atoms with Crippen molar-refractivity contribution in [2.75, 3.05) is 36.5 Å². The van der Waals surface area contributed by atoms with E-state index in [1.807, 2.05) is 53.9 Å². The lowest BCUT2D eigenvalue weighted by molar-refractivity contribution is 0.102. The van der Waals surface area contributed by atoms with Crippen molar-refractivity contribution in [1.82, 2.24) is 9.38 Å². The highest BCUT2D eigenvalue weighted by Gasteiger charge is 2.13. The molecule has 1 N–H and O–H groups in total. The van der Waals surface area contributed by atoms with Gasteiger partial charge in [-0.3, -0.25) is 4.79 Å². The molecule has 1 aliphatic rings. The van der Waals surface area contributed by atoms with Gasteiger partial charge in [-0.15, -0.1) is 0 Å². The van der Waals surface area contributed by atoms with Crippen molar-refractivity contribution in [3.05, 3.63) is 60.0 Å². The Labute approximate surface area is 146 Å². The predicted octanol–water partition coefficient (Wildman–Crippen LogP) is 2.73. The van der Waals surface area contributed by atoms with Gasteiger partial charge in [0.05, 0.1) is 13.2 Å². The van der Waals surface area contributed by atoms with Gasteiger partial charge in [0.25, 0.3) is 5.91 Å². The van der Waals surface area contributed by atoms with Gasteiger partial charge in [0, 0.05) is 36.9 Å². The molecule has 128 valence electrons. The minimum atomic E-state index is -0.206. The molecule has 0 bridgehead atoms. The number of benzene rings is 1. The summed E-state index contributed by atoms with van der Waals surface area (Å²) >= 11 is 0. The molecule has 1 fully saturated rings. The monoisotopic (exact) mass is 336 g/mol. The molecule has 6 heteroatoms. The molecule has 1 amide bonds.